The van der Waals surface area contributed by atoms with Crippen molar-refractivity contribution in [1.29, 1.82) is 0 Å². The third-order valence-electron chi connectivity index (χ3n) is 3.38. The number of morpholine rings is 1. The molecular formula is C14H21ClN2O. The number of ether oxygens (including phenoxy) is 1. The molecule has 1 N–H and O–H groups in total. The number of halogens is 1. The molecule has 0 atom stereocenters. The minimum atomic E-state index is 0.00538. The van der Waals surface area contributed by atoms with E-state index in [1.807, 2.05) is 19.2 Å². The van der Waals surface area contributed by atoms with E-state index in [0.717, 1.165) is 36.9 Å². The maximum absolute atomic E-state index is 6.32. The van der Waals surface area contributed by atoms with Crippen molar-refractivity contribution in [2.75, 3.05) is 31.7 Å². The number of nitrogens with zero attached hydrogens (tertiary/aromatic N) is 1. The summed E-state index contributed by atoms with van der Waals surface area (Å²) in [5.74, 6) is 0. The highest BCUT2D eigenvalue weighted by atomic mass is 35.5. The molecule has 1 aromatic carbocycles. The second-order valence-electron chi connectivity index (χ2n) is 5.28. The second-order valence-corrected chi connectivity index (χ2v) is 5.69. The van der Waals surface area contributed by atoms with Gasteiger partial charge in [0.15, 0.2) is 0 Å². The van der Waals surface area contributed by atoms with E-state index < -0.39 is 0 Å². The Kier molecular flexibility index (Phi) is 4.15. The van der Waals surface area contributed by atoms with Crippen molar-refractivity contribution >= 4 is 17.3 Å². The monoisotopic (exact) mass is 268 g/mol. The molecule has 100 valence electrons. The van der Waals surface area contributed by atoms with Gasteiger partial charge in [-0.05, 0) is 33.0 Å². The minimum Gasteiger partial charge on any atom is -0.377 e. The molecule has 0 aliphatic carbocycles. The van der Waals surface area contributed by atoms with E-state index in [9.17, 15) is 0 Å². The normalized spacial score (nSPS) is 19.0. The first-order valence-corrected chi connectivity index (χ1v) is 6.71. The zero-order valence-corrected chi connectivity index (χ0v) is 12.0. The summed E-state index contributed by atoms with van der Waals surface area (Å²) in [7, 11) is 1.94. The van der Waals surface area contributed by atoms with E-state index in [1.54, 1.807) is 0 Å². The van der Waals surface area contributed by atoms with Crippen molar-refractivity contribution in [2.45, 2.75) is 25.9 Å². The summed E-state index contributed by atoms with van der Waals surface area (Å²) >= 11 is 6.32. The van der Waals surface area contributed by atoms with Gasteiger partial charge in [0.25, 0.3) is 0 Å². The van der Waals surface area contributed by atoms with Crippen molar-refractivity contribution < 1.29 is 4.74 Å². The lowest BCUT2D eigenvalue weighted by Gasteiger charge is -2.44. The minimum absolute atomic E-state index is 0.00538. The molecule has 0 unspecified atom stereocenters. The molecular weight excluding hydrogens is 248 g/mol. The van der Waals surface area contributed by atoms with Crippen LogP contribution in [0.15, 0.2) is 18.2 Å². The fourth-order valence-electron chi connectivity index (χ4n) is 2.46. The third kappa shape index (κ3) is 2.63. The molecule has 1 aromatic rings. The van der Waals surface area contributed by atoms with E-state index in [2.05, 4.69) is 30.1 Å². The van der Waals surface area contributed by atoms with Gasteiger partial charge < -0.3 is 15.0 Å². The molecule has 1 saturated heterocycles. The molecule has 0 aromatic heterocycles. The molecule has 0 spiro atoms. The maximum atomic E-state index is 6.32. The van der Waals surface area contributed by atoms with Crippen molar-refractivity contribution in [2.24, 2.45) is 0 Å². The summed E-state index contributed by atoms with van der Waals surface area (Å²) in [4.78, 5) is 2.40. The number of anilines is 1. The first kappa shape index (κ1) is 13.7. The average Bonchev–Trinajstić information content (AvgIpc) is 2.32. The summed E-state index contributed by atoms with van der Waals surface area (Å²) in [5, 5.41) is 4.01. The summed E-state index contributed by atoms with van der Waals surface area (Å²) < 4.78 is 5.58. The Balaban J connectivity index is 2.40. The molecule has 1 heterocycles. The lowest BCUT2D eigenvalue weighted by Crippen LogP contribution is -2.53. The van der Waals surface area contributed by atoms with Crippen LogP contribution in [0.25, 0.3) is 0 Å². The Morgan fingerprint density at radius 1 is 1.44 bits per heavy atom. The van der Waals surface area contributed by atoms with Crippen LogP contribution in [-0.2, 0) is 11.3 Å². The fraction of sp³-hybridized carbons (Fsp3) is 0.571. The van der Waals surface area contributed by atoms with Gasteiger partial charge >= 0.3 is 0 Å². The molecule has 1 aliphatic heterocycles. The molecule has 0 radical (unpaired) electrons. The lowest BCUT2D eigenvalue weighted by atomic mass is 9.99. The first-order valence-electron chi connectivity index (χ1n) is 6.33. The standard InChI is InChI=1S/C14H21ClN2O/c1-14(2)10-18-8-7-17(14)13-6-4-5-12(15)11(13)9-16-3/h4-6,16H,7-10H2,1-3H3. The smallest absolute Gasteiger partial charge is 0.0694 e. The summed E-state index contributed by atoms with van der Waals surface area (Å²) in [5.41, 5.74) is 2.38. The molecule has 0 saturated carbocycles. The molecule has 0 amide bonds. The van der Waals surface area contributed by atoms with Gasteiger partial charge in [-0.3, -0.25) is 0 Å². The SMILES string of the molecule is CNCc1c(Cl)cccc1N1CCOCC1(C)C. The molecule has 0 bridgehead atoms. The zero-order chi connectivity index (χ0) is 13.2. The van der Waals surface area contributed by atoms with Crippen LogP contribution in [0.4, 0.5) is 5.69 Å². The topological polar surface area (TPSA) is 24.5 Å². The number of nitrogens with one attached hydrogen (secondary N) is 1. The van der Waals surface area contributed by atoms with E-state index in [1.165, 1.54) is 5.69 Å². The quantitative estimate of drug-likeness (QED) is 0.912. The van der Waals surface area contributed by atoms with Crippen LogP contribution in [0.2, 0.25) is 5.02 Å². The molecule has 2 rings (SSSR count). The number of benzene rings is 1. The predicted octanol–water partition coefficient (Wildman–Crippen LogP) is 2.67. The van der Waals surface area contributed by atoms with Crippen LogP contribution in [-0.4, -0.2) is 32.3 Å². The van der Waals surface area contributed by atoms with E-state index >= 15 is 0 Å². The van der Waals surface area contributed by atoms with E-state index in [4.69, 9.17) is 16.3 Å². The maximum Gasteiger partial charge on any atom is 0.0694 e. The zero-order valence-electron chi connectivity index (χ0n) is 11.3. The Bertz CT molecular complexity index is 420. The van der Waals surface area contributed by atoms with Gasteiger partial charge in [0, 0.05) is 29.4 Å². The Morgan fingerprint density at radius 3 is 2.89 bits per heavy atom. The highest BCUT2D eigenvalue weighted by molar-refractivity contribution is 6.31. The van der Waals surface area contributed by atoms with Gasteiger partial charge in [0.05, 0.1) is 18.8 Å². The van der Waals surface area contributed by atoms with Crippen LogP contribution in [0, 0.1) is 0 Å². The predicted molar refractivity (Wildman–Crippen MR) is 76.5 cm³/mol. The van der Waals surface area contributed by atoms with Crippen molar-refractivity contribution in [3.05, 3.63) is 28.8 Å². The van der Waals surface area contributed by atoms with Gasteiger partial charge in [-0.15, -0.1) is 0 Å². The van der Waals surface area contributed by atoms with Crippen LogP contribution >= 0.6 is 11.6 Å². The van der Waals surface area contributed by atoms with E-state index in [0.29, 0.717) is 0 Å². The third-order valence-corrected chi connectivity index (χ3v) is 3.74. The Hall–Kier alpha value is -0.770. The highest BCUT2D eigenvalue weighted by Crippen LogP contribution is 2.33. The second kappa shape index (κ2) is 5.47. The Morgan fingerprint density at radius 2 is 2.22 bits per heavy atom. The molecule has 3 nitrogen and oxygen atoms in total. The largest absolute Gasteiger partial charge is 0.377 e. The van der Waals surface area contributed by atoms with Gasteiger partial charge in [-0.2, -0.15) is 0 Å². The Labute approximate surface area is 114 Å². The lowest BCUT2D eigenvalue weighted by molar-refractivity contribution is 0.0643. The summed E-state index contributed by atoms with van der Waals surface area (Å²) in [6.07, 6.45) is 0. The number of rotatable bonds is 3. The number of hydrogen-bond acceptors (Lipinski definition) is 3. The average molecular weight is 269 g/mol. The molecule has 1 fully saturated rings. The van der Waals surface area contributed by atoms with Crippen LogP contribution in [0.3, 0.4) is 0 Å². The van der Waals surface area contributed by atoms with Crippen LogP contribution < -0.4 is 10.2 Å². The summed E-state index contributed by atoms with van der Waals surface area (Å²) in [6, 6.07) is 6.11. The van der Waals surface area contributed by atoms with Crippen molar-refractivity contribution in [3.63, 3.8) is 0 Å². The van der Waals surface area contributed by atoms with Gasteiger partial charge in [-0.1, -0.05) is 17.7 Å². The molecule has 4 heteroatoms. The van der Waals surface area contributed by atoms with Gasteiger partial charge in [0.1, 0.15) is 0 Å². The first-order chi connectivity index (χ1) is 8.56. The fourth-order valence-corrected chi connectivity index (χ4v) is 2.69. The number of hydrogen-bond donors (Lipinski definition) is 1. The molecule has 18 heavy (non-hydrogen) atoms. The van der Waals surface area contributed by atoms with Gasteiger partial charge in [-0.25, -0.2) is 0 Å². The summed E-state index contributed by atoms with van der Waals surface area (Å²) in [6.45, 7) is 7.62. The molecule has 1 aliphatic rings. The van der Waals surface area contributed by atoms with Crippen molar-refractivity contribution in [3.8, 4) is 0 Å². The van der Waals surface area contributed by atoms with E-state index in [-0.39, 0.29) is 5.54 Å². The van der Waals surface area contributed by atoms with Crippen LogP contribution in [0.5, 0.6) is 0 Å². The van der Waals surface area contributed by atoms with Crippen LogP contribution in [0.1, 0.15) is 19.4 Å². The van der Waals surface area contributed by atoms with Gasteiger partial charge in [0.2, 0.25) is 0 Å². The van der Waals surface area contributed by atoms with Crippen molar-refractivity contribution in [1.82, 2.24) is 5.32 Å². The highest BCUT2D eigenvalue weighted by Gasteiger charge is 2.32.